The quantitative estimate of drug-likeness (QED) is 0.262. The van der Waals surface area contributed by atoms with Gasteiger partial charge in [0.15, 0.2) is 17.9 Å². The standard InChI is InChI=1S/C21H18O7.C9H14F3NO3.C2H6/c1-28-14-4-2-3-11-15(14)21(27)17-16(19(11)25)20(26)12-7-9(13(23)8-22)5-6-10(12)18(17)24;1-4-5(2)16-7(14)3-6(4)13-8(15)9(10,11)12;1-2/h2-4,9,22,24,26H,5-8H2,1H3;4-7,14H,3H2,1-2H3,(H,13,15);1-2H3. The summed E-state index contributed by atoms with van der Waals surface area (Å²) in [4.78, 5) is 48.8. The number of amides is 1. The topological polar surface area (TPSA) is 180 Å². The number of carbonyl (C=O) groups is 4. The fourth-order valence-corrected chi connectivity index (χ4v) is 5.84. The second-order valence-corrected chi connectivity index (χ2v) is 11.0. The highest BCUT2D eigenvalue weighted by Gasteiger charge is 2.43. The Labute approximate surface area is 263 Å². The molecule has 5 unspecified atom stereocenters. The lowest BCUT2D eigenvalue weighted by atomic mass is 9.75. The van der Waals surface area contributed by atoms with Gasteiger partial charge in [0, 0.05) is 41.0 Å². The van der Waals surface area contributed by atoms with Gasteiger partial charge >= 0.3 is 12.1 Å². The van der Waals surface area contributed by atoms with Crippen molar-refractivity contribution in [2.45, 2.75) is 78.0 Å². The molecule has 5 rings (SSSR count). The summed E-state index contributed by atoms with van der Waals surface area (Å²) < 4.78 is 46.3. The van der Waals surface area contributed by atoms with Gasteiger partial charge in [0.05, 0.1) is 29.9 Å². The summed E-state index contributed by atoms with van der Waals surface area (Å²) in [6.45, 7) is 6.69. The fraction of sp³-hybridized carbons (Fsp3) is 0.500. The molecule has 5 atom stereocenters. The van der Waals surface area contributed by atoms with Crippen LogP contribution in [0.2, 0.25) is 0 Å². The fourth-order valence-electron chi connectivity index (χ4n) is 5.84. The molecule has 1 amide bonds. The molecule has 0 aromatic heterocycles. The number of phenols is 2. The lowest BCUT2D eigenvalue weighted by Crippen LogP contribution is -2.53. The van der Waals surface area contributed by atoms with Crippen molar-refractivity contribution >= 4 is 23.3 Å². The summed E-state index contributed by atoms with van der Waals surface area (Å²) in [7, 11) is 1.38. The van der Waals surface area contributed by atoms with Crippen molar-refractivity contribution in [3.05, 3.63) is 51.6 Å². The Bertz CT molecular complexity index is 1510. The number of carbonyl (C=O) groups excluding carboxylic acids is 4. The molecule has 5 N–H and O–H groups in total. The summed E-state index contributed by atoms with van der Waals surface area (Å²) in [5, 5.41) is 41.8. The minimum atomic E-state index is -4.90. The Morgan fingerprint density at radius 1 is 1.02 bits per heavy atom. The van der Waals surface area contributed by atoms with E-state index in [4.69, 9.17) is 14.6 Å². The number of hydrogen-bond acceptors (Lipinski definition) is 10. The van der Waals surface area contributed by atoms with Crippen molar-refractivity contribution in [3.8, 4) is 17.2 Å². The molecule has 0 spiro atoms. The molecule has 1 aliphatic heterocycles. The molecular formula is C32H38F3NO10. The Hall–Kier alpha value is -4.01. The zero-order valence-electron chi connectivity index (χ0n) is 26.0. The van der Waals surface area contributed by atoms with E-state index in [2.05, 4.69) is 0 Å². The Balaban J connectivity index is 0.000000273. The highest BCUT2D eigenvalue weighted by atomic mass is 19.4. The van der Waals surface area contributed by atoms with Gasteiger partial charge in [-0.2, -0.15) is 13.2 Å². The summed E-state index contributed by atoms with van der Waals surface area (Å²) in [5.74, 6) is -4.83. The molecule has 3 aliphatic rings. The number of methoxy groups -OCH3 is 1. The van der Waals surface area contributed by atoms with Crippen LogP contribution in [0.25, 0.3) is 0 Å². The number of alkyl halides is 3. The van der Waals surface area contributed by atoms with Gasteiger partial charge in [-0.05, 0) is 32.3 Å². The van der Waals surface area contributed by atoms with E-state index >= 15 is 0 Å². The Kier molecular flexibility index (Phi) is 11.6. The van der Waals surface area contributed by atoms with E-state index in [9.17, 15) is 47.7 Å². The van der Waals surface area contributed by atoms with Crippen molar-refractivity contribution in [2.75, 3.05) is 13.7 Å². The zero-order valence-corrected chi connectivity index (χ0v) is 26.0. The summed E-state index contributed by atoms with van der Waals surface area (Å²) in [6, 6.07) is 3.86. The molecule has 2 aliphatic carbocycles. The van der Waals surface area contributed by atoms with Crippen LogP contribution in [-0.4, -0.2) is 82.0 Å². The van der Waals surface area contributed by atoms with Crippen LogP contribution in [0.5, 0.6) is 17.2 Å². The van der Waals surface area contributed by atoms with Crippen LogP contribution in [0.15, 0.2) is 18.2 Å². The predicted molar refractivity (Wildman–Crippen MR) is 157 cm³/mol. The molecule has 0 radical (unpaired) electrons. The summed E-state index contributed by atoms with van der Waals surface area (Å²) in [6.07, 6.45) is -5.75. The largest absolute Gasteiger partial charge is 0.507 e. The number of aromatic hydroxyl groups is 2. The maximum atomic E-state index is 13.1. The minimum Gasteiger partial charge on any atom is -0.507 e. The molecule has 1 saturated heterocycles. The molecular weight excluding hydrogens is 615 g/mol. The lowest BCUT2D eigenvalue weighted by Gasteiger charge is -2.37. The van der Waals surface area contributed by atoms with Crippen molar-refractivity contribution in [3.63, 3.8) is 0 Å². The monoisotopic (exact) mass is 653 g/mol. The second-order valence-electron chi connectivity index (χ2n) is 11.0. The van der Waals surface area contributed by atoms with Crippen molar-refractivity contribution in [1.29, 1.82) is 0 Å². The molecule has 1 heterocycles. The normalized spacial score (nSPS) is 23.3. The van der Waals surface area contributed by atoms with Crippen LogP contribution in [-0.2, 0) is 27.2 Å². The third kappa shape index (κ3) is 7.03. The number of halogens is 3. The maximum absolute atomic E-state index is 13.1. The van der Waals surface area contributed by atoms with Gasteiger partial charge in [0.25, 0.3) is 0 Å². The van der Waals surface area contributed by atoms with E-state index in [1.807, 2.05) is 19.2 Å². The van der Waals surface area contributed by atoms with Gasteiger partial charge in [-0.15, -0.1) is 0 Å². The van der Waals surface area contributed by atoms with Crippen molar-refractivity contribution in [1.82, 2.24) is 5.32 Å². The molecule has 14 heteroatoms. The van der Waals surface area contributed by atoms with Gasteiger partial charge in [0.2, 0.25) is 5.78 Å². The average molecular weight is 654 g/mol. The third-order valence-corrected chi connectivity index (χ3v) is 8.41. The molecule has 0 bridgehead atoms. The van der Waals surface area contributed by atoms with Crippen molar-refractivity contribution < 1.29 is 62.2 Å². The van der Waals surface area contributed by atoms with Gasteiger partial charge in [-0.25, -0.2) is 0 Å². The number of ketones is 3. The summed E-state index contributed by atoms with van der Waals surface area (Å²) >= 11 is 0. The van der Waals surface area contributed by atoms with Gasteiger partial charge < -0.3 is 35.2 Å². The number of aliphatic hydroxyl groups excluding tert-OH is 2. The van der Waals surface area contributed by atoms with E-state index in [1.54, 1.807) is 26.0 Å². The first kappa shape index (κ1) is 36.5. The number of fused-ring (bicyclic) bond motifs is 3. The van der Waals surface area contributed by atoms with Crippen LogP contribution >= 0.6 is 0 Å². The predicted octanol–water partition coefficient (Wildman–Crippen LogP) is 3.37. The number of phenolic OH excluding ortho intramolecular Hbond substituents is 2. The van der Waals surface area contributed by atoms with E-state index in [-0.39, 0.29) is 76.0 Å². The van der Waals surface area contributed by atoms with Gasteiger partial charge in [-0.1, -0.05) is 32.9 Å². The number of aliphatic hydroxyl groups is 2. The lowest BCUT2D eigenvalue weighted by molar-refractivity contribution is -0.192. The molecule has 252 valence electrons. The molecule has 11 nitrogen and oxygen atoms in total. The van der Waals surface area contributed by atoms with Crippen molar-refractivity contribution in [2.24, 2.45) is 11.8 Å². The van der Waals surface area contributed by atoms with E-state index in [0.29, 0.717) is 12.0 Å². The molecule has 0 saturated carbocycles. The zero-order chi connectivity index (χ0) is 34.7. The van der Waals surface area contributed by atoms with Crippen LogP contribution in [0.4, 0.5) is 13.2 Å². The number of rotatable bonds is 4. The Morgan fingerprint density at radius 2 is 1.63 bits per heavy atom. The second kappa shape index (κ2) is 14.6. The van der Waals surface area contributed by atoms with Crippen LogP contribution in [0, 0.1) is 11.8 Å². The maximum Gasteiger partial charge on any atom is 0.471 e. The molecule has 46 heavy (non-hydrogen) atoms. The first-order valence-corrected chi connectivity index (χ1v) is 14.8. The highest BCUT2D eigenvalue weighted by Crippen LogP contribution is 2.47. The van der Waals surface area contributed by atoms with Crippen LogP contribution < -0.4 is 10.1 Å². The van der Waals surface area contributed by atoms with Crippen LogP contribution in [0.3, 0.4) is 0 Å². The molecule has 2 aromatic rings. The smallest absolute Gasteiger partial charge is 0.471 e. The number of ether oxygens (including phenoxy) is 2. The summed E-state index contributed by atoms with van der Waals surface area (Å²) in [5.41, 5.74) is 0.301. The number of nitrogens with one attached hydrogen (secondary N) is 1. The van der Waals surface area contributed by atoms with E-state index in [1.165, 1.54) is 13.2 Å². The average Bonchev–Trinajstić information content (AvgIpc) is 3.03. The number of Topliss-reactive ketones (excluding diaryl/α,β-unsaturated/α-hetero) is 1. The van der Waals surface area contributed by atoms with E-state index < -0.39 is 54.6 Å². The number of hydrogen-bond donors (Lipinski definition) is 5. The Morgan fingerprint density at radius 3 is 2.22 bits per heavy atom. The first-order valence-electron chi connectivity index (χ1n) is 14.8. The SMILES string of the molecule is CC.CC1OC(O)CC(NC(=O)C(F)(F)F)C1C.COc1cccc2c1C(=O)c1c(O)c3c(c(O)c1C2=O)CC(C(=O)CO)CC3. The van der Waals surface area contributed by atoms with Gasteiger partial charge in [-0.3, -0.25) is 19.2 Å². The molecule has 1 fully saturated rings. The third-order valence-electron chi connectivity index (χ3n) is 8.41. The first-order chi connectivity index (χ1) is 21.6. The van der Waals surface area contributed by atoms with E-state index in [0.717, 1.165) is 0 Å². The number of benzene rings is 2. The highest BCUT2D eigenvalue weighted by molar-refractivity contribution is 6.31. The molecule has 2 aromatic carbocycles. The minimum absolute atomic E-state index is 0.0344. The van der Waals surface area contributed by atoms with Gasteiger partial charge in [0.1, 0.15) is 23.9 Å². The van der Waals surface area contributed by atoms with Crippen LogP contribution in [0.1, 0.15) is 83.5 Å².